The van der Waals surface area contributed by atoms with Crippen LogP contribution in [0.4, 0.5) is 5.13 Å². The third kappa shape index (κ3) is 2.45. The minimum Gasteiger partial charge on any atom is -0.447 e. The third-order valence-corrected chi connectivity index (χ3v) is 4.28. The van der Waals surface area contributed by atoms with Gasteiger partial charge in [0.1, 0.15) is 11.6 Å². The third-order valence-electron chi connectivity index (χ3n) is 3.61. The van der Waals surface area contributed by atoms with E-state index in [-0.39, 0.29) is 5.91 Å². The highest BCUT2D eigenvalue weighted by Crippen LogP contribution is 2.41. The molecule has 0 aromatic carbocycles. The first-order valence-corrected chi connectivity index (χ1v) is 7.64. The second-order valence-corrected chi connectivity index (χ2v) is 6.21. The number of nitrogens with zero attached hydrogens (tertiary/aromatic N) is 3. The van der Waals surface area contributed by atoms with Crippen molar-refractivity contribution in [1.29, 1.82) is 0 Å². The van der Waals surface area contributed by atoms with Crippen LogP contribution >= 0.6 is 11.5 Å². The van der Waals surface area contributed by atoms with Gasteiger partial charge in [0, 0.05) is 23.9 Å². The normalized spacial score (nSPS) is 18.2. The summed E-state index contributed by atoms with van der Waals surface area (Å²) >= 11 is 1.22. The van der Waals surface area contributed by atoms with Crippen LogP contribution in [0.25, 0.3) is 0 Å². The molecule has 0 atom stereocenters. The van der Waals surface area contributed by atoms with Crippen LogP contribution in [0.1, 0.15) is 53.7 Å². The summed E-state index contributed by atoms with van der Waals surface area (Å²) in [5, 5.41) is 3.30. The maximum Gasteiger partial charge on any atom is 0.279 e. The number of rotatable bonds is 5. The van der Waals surface area contributed by atoms with Gasteiger partial charge in [0.05, 0.1) is 0 Å². The number of carbonyl (C=O) groups excluding carboxylic acids is 1. The van der Waals surface area contributed by atoms with E-state index >= 15 is 0 Å². The van der Waals surface area contributed by atoms with Crippen molar-refractivity contribution < 1.29 is 9.21 Å². The Morgan fingerprint density at radius 2 is 2.25 bits per heavy atom. The topological polar surface area (TPSA) is 80.9 Å². The zero-order chi connectivity index (χ0) is 13.5. The first-order valence-electron chi connectivity index (χ1n) is 6.87. The van der Waals surface area contributed by atoms with Gasteiger partial charge in [-0.15, -0.1) is 0 Å². The van der Waals surface area contributed by atoms with E-state index in [1.807, 2.05) is 0 Å². The summed E-state index contributed by atoms with van der Waals surface area (Å²) in [6, 6.07) is 0. The minimum atomic E-state index is -0.255. The SMILES string of the molecule is O=C(Nc1nc(CC2CC2)ns1)c1ncoc1C1CC1. The molecule has 2 aromatic heterocycles. The van der Waals surface area contributed by atoms with E-state index in [9.17, 15) is 4.79 Å². The highest BCUT2D eigenvalue weighted by Gasteiger charge is 2.32. The molecule has 20 heavy (non-hydrogen) atoms. The summed E-state index contributed by atoms with van der Waals surface area (Å²) in [6.07, 6.45) is 6.93. The molecule has 6 nitrogen and oxygen atoms in total. The van der Waals surface area contributed by atoms with E-state index in [1.165, 1.54) is 30.8 Å². The standard InChI is InChI=1S/C13H14N4O2S/c18-12(10-11(8-3-4-8)19-6-14-10)16-13-15-9(17-20-13)5-7-1-2-7/h6-8H,1-5H2,(H,15,16,17,18). The molecule has 1 N–H and O–H groups in total. The van der Waals surface area contributed by atoms with Crippen molar-refractivity contribution in [2.45, 2.75) is 38.0 Å². The number of oxazole rings is 1. The molecule has 0 saturated heterocycles. The average molecular weight is 290 g/mol. The van der Waals surface area contributed by atoms with Crippen LogP contribution in [-0.4, -0.2) is 20.2 Å². The lowest BCUT2D eigenvalue weighted by Crippen LogP contribution is -2.14. The molecule has 2 heterocycles. The summed E-state index contributed by atoms with van der Waals surface area (Å²) in [6.45, 7) is 0. The van der Waals surface area contributed by atoms with Gasteiger partial charge in [-0.1, -0.05) is 0 Å². The van der Waals surface area contributed by atoms with Crippen molar-refractivity contribution in [1.82, 2.24) is 14.3 Å². The molecule has 104 valence electrons. The molecule has 0 spiro atoms. The minimum absolute atomic E-state index is 0.255. The Morgan fingerprint density at radius 1 is 1.40 bits per heavy atom. The maximum atomic E-state index is 12.2. The van der Waals surface area contributed by atoms with E-state index in [4.69, 9.17) is 4.42 Å². The van der Waals surface area contributed by atoms with Gasteiger partial charge < -0.3 is 4.42 Å². The summed E-state index contributed by atoms with van der Waals surface area (Å²) in [5.74, 6) is 2.37. The Morgan fingerprint density at radius 3 is 3.00 bits per heavy atom. The van der Waals surface area contributed by atoms with Crippen molar-refractivity contribution in [3.63, 3.8) is 0 Å². The lowest BCUT2D eigenvalue weighted by Gasteiger charge is -1.99. The van der Waals surface area contributed by atoms with Crippen molar-refractivity contribution in [2.75, 3.05) is 5.32 Å². The fraction of sp³-hybridized carbons (Fsp3) is 0.538. The highest BCUT2D eigenvalue weighted by molar-refractivity contribution is 7.09. The Balaban J connectivity index is 1.45. The molecule has 1 amide bonds. The van der Waals surface area contributed by atoms with Gasteiger partial charge in [0.15, 0.2) is 12.1 Å². The van der Waals surface area contributed by atoms with Gasteiger partial charge >= 0.3 is 0 Å². The monoisotopic (exact) mass is 290 g/mol. The van der Waals surface area contributed by atoms with Crippen LogP contribution in [0.15, 0.2) is 10.8 Å². The summed E-state index contributed by atoms with van der Waals surface area (Å²) < 4.78 is 9.58. The number of hydrogen-bond donors (Lipinski definition) is 1. The van der Waals surface area contributed by atoms with Crippen molar-refractivity contribution in [2.24, 2.45) is 5.92 Å². The van der Waals surface area contributed by atoms with Gasteiger partial charge in [0.25, 0.3) is 5.91 Å². The second kappa shape index (κ2) is 4.66. The van der Waals surface area contributed by atoms with Crippen molar-refractivity contribution in [3.05, 3.63) is 23.7 Å². The fourth-order valence-corrected chi connectivity index (χ4v) is 2.78. The van der Waals surface area contributed by atoms with Crippen LogP contribution < -0.4 is 5.32 Å². The molecule has 2 saturated carbocycles. The van der Waals surface area contributed by atoms with Crippen molar-refractivity contribution >= 4 is 22.6 Å². The predicted octanol–water partition coefficient (Wildman–Crippen LogP) is 2.61. The number of aromatic nitrogens is 3. The van der Waals surface area contributed by atoms with Crippen LogP contribution in [0.3, 0.4) is 0 Å². The molecule has 0 bridgehead atoms. The van der Waals surface area contributed by atoms with E-state index in [0.717, 1.165) is 31.0 Å². The van der Waals surface area contributed by atoms with Crippen LogP contribution in [0.5, 0.6) is 0 Å². The Bertz CT molecular complexity index is 642. The molecule has 2 fully saturated rings. The molecule has 7 heteroatoms. The number of amides is 1. The number of nitrogens with one attached hydrogen (secondary N) is 1. The van der Waals surface area contributed by atoms with E-state index in [2.05, 4.69) is 19.7 Å². The first kappa shape index (κ1) is 12.0. The fourth-order valence-electron chi connectivity index (χ4n) is 2.19. The molecule has 4 rings (SSSR count). The maximum absolute atomic E-state index is 12.2. The van der Waals surface area contributed by atoms with Gasteiger partial charge in [-0.3, -0.25) is 10.1 Å². The first-order chi connectivity index (χ1) is 9.79. The molecule has 2 aliphatic carbocycles. The molecule has 2 aliphatic rings. The highest BCUT2D eigenvalue weighted by atomic mass is 32.1. The van der Waals surface area contributed by atoms with Gasteiger partial charge in [-0.05, 0) is 31.6 Å². The number of hydrogen-bond acceptors (Lipinski definition) is 6. The van der Waals surface area contributed by atoms with Crippen LogP contribution in [-0.2, 0) is 6.42 Å². The Kier molecular flexibility index (Phi) is 2.80. The summed E-state index contributed by atoms with van der Waals surface area (Å²) in [7, 11) is 0. The van der Waals surface area contributed by atoms with Gasteiger partial charge in [-0.25, -0.2) is 9.97 Å². The summed E-state index contributed by atoms with van der Waals surface area (Å²) in [5.41, 5.74) is 0.381. The molecule has 0 unspecified atom stereocenters. The number of anilines is 1. The molecule has 2 aromatic rings. The zero-order valence-corrected chi connectivity index (χ0v) is 11.7. The lowest BCUT2D eigenvalue weighted by atomic mass is 10.2. The quantitative estimate of drug-likeness (QED) is 0.915. The van der Waals surface area contributed by atoms with Crippen LogP contribution in [0, 0.1) is 5.92 Å². The van der Waals surface area contributed by atoms with Gasteiger partial charge in [0.2, 0.25) is 5.13 Å². The van der Waals surface area contributed by atoms with E-state index in [0.29, 0.717) is 22.5 Å². The smallest absolute Gasteiger partial charge is 0.279 e. The second-order valence-electron chi connectivity index (χ2n) is 5.46. The van der Waals surface area contributed by atoms with Gasteiger partial charge in [-0.2, -0.15) is 4.37 Å². The zero-order valence-electron chi connectivity index (χ0n) is 10.8. The van der Waals surface area contributed by atoms with Crippen LogP contribution in [0.2, 0.25) is 0 Å². The van der Waals surface area contributed by atoms with E-state index < -0.39 is 0 Å². The predicted molar refractivity (Wildman–Crippen MR) is 72.8 cm³/mol. The Hall–Kier alpha value is -1.76. The molecule has 0 aliphatic heterocycles. The molecular weight excluding hydrogens is 276 g/mol. The Labute approximate surface area is 119 Å². The molecule has 0 radical (unpaired) electrons. The summed E-state index contributed by atoms with van der Waals surface area (Å²) in [4.78, 5) is 20.5. The lowest BCUT2D eigenvalue weighted by molar-refractivity contribution is 0.102. The average Bonchev–Trinajstić information content (AvgIpc) is 3.34. The largest absolute Gasteiger partial charge is 0.447 e. The van der Waals surface area contributed by atoms with Crippen molar-refractivity contribution in [3.8, 4) is 0 Å². The van der Waals surface area contributed by atoms with E-state index in [1.54, 1.807) is 0 Å². The molecular formula is C13H14N4O2S. The number of carbonyl (C=O) groups is 1.